The van der Waals surface area contributed by atoms with Crippen LogP contribution in [0.5, 0.6) is 0 Å². The van der Waals surface area contributed by atoms with Crippen molar-refractivity contribution in [3.63, 3.8) is 0 Å². The van der Waals surface area contributed by atoms with Crippen LogP contribution in [0, 0.1) is 17.8 Å². The molecule has 2 fully saturated rings. The summed E-state index contributed by atoms with van der Waals surface area (Å²) in [5.41, 5.74) is 7.97. The van der Waals surface area contributed by atoms with E-state index in [0.29, 0.717) is 24.7 Å². The van der Waals surface area contributed by atoms with Crippen LogP contribution in [-0.2, 0) is 17.8 Å². The molecule has 0 aromatic heterocycles. The average Bonchev–Trinajstić information content (AvgIpc) is 3.01. The maximum absolute atomic E-state index is 12.3. The van der Waals surface area contributed by atoms with E-state index in [2.05, 4.69) is 0 Å². The lowest BCUT2D eigenvalue weighted by atomic mass is 9.84. The predicted molar refractivity (Wildman–Crippen MR) is 76.6 cm³/mol. The van der Waals surface area contributed by atoms with E-state index in [-0.39, 0.29) is 0 Å². The zero-order chi connectivity index (χ0) is 13.2. The minimum Gasteiger partial charge on any atom is -0.326 e. The Kier molecular flexibility index (Phi) is 3.69. The topological polar surface area (TPSA) is 43.1 Å². The summed E-state index contributed by atoms with van der Waals surface area (Å²) < 4.78 is 0. The molecule has 2 aliphatic rings. The van der Waals surface area contributed by atoms with Gasteiger partial charge in [0.15, 0.2) is 0 Å². The van der Waals surface area contributed by atoms with E-state index >= 15 is 0 Å². The van der Waals surface area contributed by atoms with Gasteiger partial charge in [-0.3, -0.25) is 4.79 Å². The second-order valence-electron chi connectivity index (χ2n) is 6.33. The Hall–Kier alpha value is -1.15. The summed E-state index contributed by atoms with van der Waals surface area (Å²) in [6, 6.07) is 8.06. The lowest BCUT2D eigenvalue weighted by molar-refractivity contribution is -0.119. The molecule has 0 radical (unpaired) electrons. The lowest BCUT2D eigenvalue weighted by Gasteiger charge is -2.20. The van der Waals surface area contributed by atoms with Crippen LogP contribution in [0.2, 0.25) is 0 Å². The number of hydrogen-bond donors (Lipinski definition) is 1. The fraction of sp³-hybridized carbons (Fsp3) is 0.588. The molecule has 0 heterocycles. The molecule has 19 heavy (non-hydrogen) atoms. The Balaban J connectivity index is 1.59. The van der Waals surface area contributed by atoms with Gasteiger partial charge in [0.2, 0.25) is 0 Å². The summed E-state index contributed by atoms with van der Waals surface area (Å²) in [6.07, 6.45) is 6.82. The quantitative estimate of drug-likeness (QED) is 0.881. The smallest absolute Gasteiger partial charge is 0.137 e. The molecule has 0 spiro atoms. The summed E-state index contributed by atoms with van der Waals surface area (Å²) >= 11 is 0. The molecule has 2 saturated carbocycles. The first kappa shape index (κ1) is 12.9. The van der Waals surface area contributed by atoms with Gasteiger partial charge in [-0.2, -0.15) is 0 Å². The molecule has 2 nitrogen and oxygen atoms in total. The van der Waals surface area contributed by atoms with Crippen molar-refractivity contribution < 1.29 is 4.79 Å². The van der Waals surface area contributed by atoms with E-state index < -0.39 is 0 Å². The highest BCUT2D eigenvalue weighted by Crippen LogP contribution is 2.49. The van der Waals surface area contributed by atoms with Crippen LogP contribution < -0.4 is 5.73 Å². The van der Waals surface area contributed by atoms with E-state index in [1.807, 2.05) is 24.3 Å². The third kappa shape index (κ3) is 2.74. The third-order valence-corrected chi connectivity index (χ3v) is 5.10. The second-order valence-corrected chi connectivity index (χ2v) is 6.33. The van der Waals surface area contributed by atoms with Crippen molar-refractivity contribution in [2.45, 2.75) is 45.1 Å². The van der Waals surface area contributed by atoms with Crippen LogP contribution in [0.1, 0.15) is 43.2 Å². The number of nitrogens with two attached hydrogens (primary N) is 1. The van der Waals surface area contributed by atoms with Crippen LogP contribution in [0.25, 0.3) is 0 Å². The molecule has 3 rings (SSSR count). The number of hydrogen-bond acceptors (Lipinski definition) is 2. The van der Waals surface area contributed by atoms with Gasteiger partial charge in [-0.25, -0.2) is 0 Å². The molecular formula is C17H23NO. The second kappa shape index (κ2) is 5.46. The molecule has 3 unspecified atom stereocenters. The van der Waals surface area contributed by atoms with E-state index in [1.165, 1.54) is 25.7 Å². The number of Topliss-reactive ketones (excluding diaryl/α,β-unsaturated/α-hetero) is 1. The fourth-order valence-electron chi connectivity index (χ4n) is 4.13. The SMILES string of the molecule is NCc1ccccc1CC(=O)CC1CC2CCC1C2. The summed E-state index contributed by atoms with van der Waals surface area (Å²) in [5.74, 6) is 2.85. The summed E-state index contributed by atoms with van der Waals surface area (Å²) in [6.45, 7) is 0.525. The molecule has 2 N–H and O–H groups in total. The van der Waals surface area contributed by atoms with Gasteiger partial charge >= 0.3 is 0 Å². The number of ketones is 1. The van der Waals surface area contributed by atoms with Crippen molar-refractivity contribution in [3.8, 4) is 0 Å². The van der Waals surface area contributed by atoms with Crippen molar-refractivity contribution >= 4 is 5.78 Å². The van der Waals surface area contributed by atoms with Gasteiger partial charge in [-0.15, -0.1) is 0 Å². The largest absolute Gasteiger partial charge is 0.326 e. The fourth-order valence-corrected chi connectivity index (χ4v) is 4.13. The van der Waals surface area contributed by atoms with Crippen molar-refractivity contribution in [2.75, 3.05) is 0 Å². The Labute approximate surface area is 115 Å². The van der Waals surface area contributed by atoms with Gasteiger partial charge in [0.25, 0.3) is 0 Å². The molecule has 1 aromatic carbocycles. The summed E-state index contributed by atoms with van der Waals surface area (Å²) in [4.78, 5) is 12.3. The van der Waals surface area contributed by atoms with Crippen LogP contribution in [-0.4, -0.2) is 5.78 Å². The first-order chi connectivity index (χ1) is 9.26. The molecule has 0 aliphatic heterocycles. The number of rotatable bonds is 5. The average molecular weight is 257 g/mol. The van der Waals surface area contributed by atoms with Gasteiger partial charge < -0.3 is 5.73 Å². The highest BCUT2D eigenvalue weighted by molar-refractivity contribution is 5.81. The van der Waals surface area contributed by atoms with E-state index in [1.54, 1.807) is 0 Å². The predicted octanol–water partition coefficient (Wildman–Crippen LogP) is 3.08. The Bertz CT molecular complexity index is 468. The first-order valence-electron chi connectivity index (χ1n) is 7.55. The zero-order valence-electron chi connectivity index (χ0n) is 11.5. The standard InChI is InChI=1S/C17H23NO/c18-11-15-4-2-1-3-13(15)9-17(19)10-16-8-12-5-6-14(16)7-12/h1-4,12,14,16H,5-11,18H2. The molecule has 102 valence electrons. The van der Waals surface area contributed by atoms with Crippen LogP contribution in [0.15, 0.2) is 24.3 Å². The molecule has 0 saturated heterocycles. The minimum absolute atomic E-state index is 0.401. The Morgan fingerprint density at radius 2 is 1.95 bits per heavy atom. The maximum Gasteiger partial charge on any atom is 0.137 e. The Morgan fingerprint density at radius 1 is 1.16 bits per heavy atom. The lowest BCUT2D eigenvalue weighted by Crippen LogP contribution is -2.17. The van der Waals surface area contributed by atoms with E-state index in [9.17, 15) is 4.79 Å². The van der Waals surface area contributed by atoms with E-state index in [0.717, 1.165) is 29.4 Å². The monoisotopic (exact) mass is 257 g/mol. The van der Waals surface area contributed by atoms with Crippen molar-refractivity contribution in [1.82, 2.24) is 0 Å². The summed E-state index contributed by atoms with van der Waals surface area (Å²) in [7, 11) is 0. The number of carbonyl (C=O) groups excluding carboxylic acids is 1. The van der Waals surface area contributed by atoms with Crippen LogP contribution in [0.4, 0.5) is 0 Å². The minimum atomic E-state index is 0.401. The molecular weight excluding hydrogens is 234 g/mol. The highest BCUT2D eigenvalue weighted by atomic mass is 16.1. The van der Waals surface area contributed by atoms with Gasteiger partial charge in [0.1, 0.15) is 5.78 Å². The van der Waals surface area contributed by atoms with E-state index in [4.69, 9.17) is 5.73 Å². The van der Waals surface area contributed by atoms with Gasteiger partial charge in [-0.1, -0.05) is 30.7 Å². The molecule has 3 atom stereocenters. The molecule has 0 amide bonds. The van der Waals surface area contributed by atoms with Crippen molar-refractivity contribution in [2.24, 2.45) is 23.5 Å². The van der Waals surface area contributed by atoms with Gasteiger partial charge in [0.05, 0.1) is 0 Å². The van der Waals surface area contributed by atoms with Crippen LogP contribution in [0.3, 0.4) is 0 Å². The summed E-state index contributed by atoms with van der Waals surface area (Å²) in [5, 5.41) is 0. The first-order valence-corrected chi connectivity index (χ1v) is 7.55. The van der Waals surface area contributed by atoms with Gasteiger partial charge in [0, 0.05) is 19.4 Å². The Morgan fingerprint density at radius 3 is 2.58 bits per heavy atom. The number of benzene rings is 1. The molecule has 2 heteroatoms. The van der Waals surface area contributed by atoms with Crippen molar-refractivity contribution in [3.05, 3.63) is 35.4 Å². The maximum atomic E-state index is 12.3. The highest BCUT2D eigenvalue weighted by Gasteiger charge is 2.39. The normalized spacial score (nSPS) is 28.8. The zero-order valence-corrected chi connectivity index (χ0v) is 11.5. The number of fused-ring (bicyclic) bond motifs is 2. The molecule has 2 bridgehead atoms. The van der Waals surface area contributed by atoms with Crippen LogP contribution >= 0.6 is 0 Å². The van der Waals surface area contributed by atoms with Crippen molar-refractivity contribution in [1.29, 1.82) is 0 Å². The third-order valence-electron chi connectivity index (χ3n) is 5.10. The molecule has 2 aliphatic carbocycles. The number of carbonyl (C=O) groups is 1. The molecule has 1 aromatic rings. The van der Waals surface area contributed by atoms with Gasteiger partial charge in [-0.05, 0) is 48.1 Å².